The predicted octanol–water partition coefficient (Wildman–Crippen LogP) is 2.12. The summed E-state index contributed by atoms with van der Waals surface area (Å²) in [5, 5.41) is 13.0. The lowest BCUT2D eigenvalue weighted by atomic mass is 9.98. The third kappa shape index (κ3) is 3.99. The molecule has 0 aliphatic carbocycles. The van der Waals surface area contributed by atoms with Crippen LogP contribution in [0.25, 0.3) is 5.65 Å². The summed E-state index contributed by atoms with van der Waals surface area (Å²) in [5.41, 5.74) is -5.43. The molecule has 0 aromatic carbocycles. The highest BCUT2D eigenvalue weighted by Crippen LogP contribution is 2.30. The molecule has 0 unspecified atom stereocenters. The summed E-state index contributed by atoms with van der Waals surface area (Å²) in [7, 11) is -5.35. The Morgan fingerprint density at radius 2 is 1.71 bits per heavy atom. The maximum atomic E-state index is 12.9. The number of nitrogens with zero attached hydrogens (tertiary/aromatic N) is 5. The standard InChI is InChI=1S/C13H14F6N6O2S/c14-12(15,16)11-22-21-10-2-1-9(23-25(10)11)20-7-8-3-5-24(6-4-8)28(26,27)13(17,18)19/h1-2,8H,3-7H2,(H,20,23). The summed E-state index contributed by atoms with van der Waals surface area (Å²) in [5.74, 6) is -1.35. The molecule has 0 saturated carbocycles. The Labute approximate surface area is 154 Å². The Balaban J connectivity index is 1.62. The lowest BCUT2D eigenvalue weighted by Gasteiger charge is -2.31. The summed E-state index contributed by atoms with van der Waals surface area (Å²) in [6.45, 7) is -0.365. The molecule has 0 atom stereocenters. The molecule has 156 valence electrons. The van der Waals surface area contributed by atoms with Crippen LogP contribution < -0.4 is 5.32 Å². The van der Waals surface area contributed by atoms with Gasteiger partial charge in [0.05, 0.1) is 0 Å². The van der Waals surface area contributed by atoms with Crippen LogP contribution in [0.2, 0.25) is 0 Å². The van der Waals surface area contributed by atoms with Crippen molar-refractivity contribution in [2.75, 3.05) is 25.0 Å². The van der Waals surface area contributed by atoms with Crippen molar-refractivity contribution >= 4 is 21.5 Å². The maximum Gasteiger partial charge on any atom is 0.511 e. The van der Waals surface area contributed by atoms with Gasteiger partial charge in [0.15, 0.2) is 5.65 Å². The molecule has 3 rings (SSSR count). The molecule has 1 aliphatic rings. The van der Waals surface area contributed by atoms with E-state index in [1.807, 2.05) is 0 Å². The van der Waals surface area contributed by atoms with Crippen LogP contribution in [0, 0.1) is 5.92 Å². The molecule has 0 radical (unpaired) electrons. The first-order valence-corrected chi connectivity index (χ1v) is 9.43. The molecule has 1 saturated heterocycles. The highest BCUT2D eigenvalue weighted by molar-refractivity contribution is 7.90. The molecule has 8 nitrogen and oxygen atoms in total. The number of nitrogens with one attached hydrogen (secondary N) is 1. The van der Waals surface area contributed by atoms with Crippen molar-refractivity contribution < 1.29 is 34.8 Å². The van der Waals surface area contributed by atoms with Crippen LogP contribution in [-0.2, 0) is 16.2 Å². The first-order valence-electron chi connectivity index (χ1n) is 7.99. The molecule has 1 fully saturated rings. The van der Waals surface area contributed by atoms with Crippen LogP contribution in [0.4, 0.5) is 32.2 Å². The molecular formula is C13H14F6N6O2S. The minimum atomic E-state index is -5.35. The van der Waals surface area contributed by atoms with E-state index < -0.39 is 27.5 Å². The van der Waals surface area contributed by atoms with Gasteiger partial charge in [-0.1, -0.05) is 0 Å². The number of alkyl halides is 6. The van der Waals surface area contributed by atoms with Crippen LogP contribution in [0.15, 0.2) is 12.1 Å². The second kappa shape index (κ2) is 7.02. The molecule has 0 spiro atoms. The van der Waals surface area contributed by atoms with Gasteiger partial charge in [-0.15, -0.1) is 15.3 Å². The topological polar surface area (TPSA) is 92.5 Å². The number of rotatable bonds is 4. The van der Waals surface area contributed by atoms with Gasteiger partial charge >= 0.3 is 21.7 Å². The summed E-state index contributed by atoms with van der Waals surface area (Å²) in [4.78, 5) is 0. The van der Waals surface area contributed by atoms with E-state index in [0.29, 0.717) is 8.82 Å². The summed E-state index contributed by atoms with van der Waals surface area (Å²) >= 11 is 0. The zero-order valence-electron chi connectivity index (χ0n) is 14.0. The van der Waals surface area contributed by atoms with Crippen molar-refractivity contribution in [2.45, 2.75) is 24.5 Å². The first-order chi connectivity index (χ1) is 12.9. The molecule has 0 bridgehead atoms. The molecule has 2 aromatic rings. The van der Waals surface area contributed by atoms with Crippen molar-refractivity contribution in [3.8, 4) is 0 Å². The van der Waals surface area contributed by atoms with Gasteiger partial charge in [-0.05, 0) is 30.9 Å². The predicted molar refractivity (Wildman–Crippen MR) is 83.5 cm³/mol. The van der Waals surface area contributed by atoms with Crippen LogP contribution in [0.5, 0.6) is 0 Å². The highest BCUT2D eigenvalue weighted by Gasteiger charge is 2.50. The van der Waals surface area contributed by atoms with Gasteiger partial charge in [-0.2, -0.15) is 35.2 Å². The molecule has 1 aliphatic heterocycles. The number of hydrogen-bond acceptors (Lipinski definition) is 6. The fourth-order valence-corrected chi connectivity index (χ4v) is 3.79. The summed E-state index contributed by atoms with van der Waals surface area (Å²) < 4.78 is 99.9. The van der Waals surface area contributed by atoms with Gasteiger partial charge in [0, 0.05) is 19.6 Å². The van der Waals surface area contributed by atoms with Gasteiger partial charge in [-0.25, -0.2) is 8.42 Å². The number of hydrogen-bond donors (Lipinski definition) is 1. The van der Waals surface area contributed by atoms with Crippen molar-refractivity contribution in [1.82, 2.24) is 24.1 Å². The quantitative estimate of drug-likeness (QED) is 0.745. The average molecular weight is 432 g/mol. The molecule has 0 amide bonds. The molecule has 1 N–H and O–H groups in total. The Kier molecular flexibility index (Phi) is 5.16. The van der Waals surface area contributed by atoms with Crippen molar-refractivity contribution in [3.05, 3.63) is 18.0 Å². The first kappa shape index (κ1) is 20.6. The maximum absolute atomic E-state index is 12.9. The smallest absolute Gasteiger partial charge is 0.368 e. The van der Waals surface area contributed by atoms with E-state index in [1.165, 1.54) is 12.1 Å². The van der Waals surface area contributed by atoms with Crippen LogP contribution in [-0.4, -0.2) is 57.7 Å². The van der Waals surface area contributed by atoms with Gasteiger partial charge in [0.25, 0.3) is 5.82 Å². The molecule has 15 heteroatoms. The van der Waals surface area contributed by atoms with E-state index in [-0.39, 0.29) is 49.9 Å². The fraction of sp³-hybridized carbons (Fsp3) is 0.615. The Morgan fingerprint density at radius 3 is 2.29 bits per heavy atom. The minimum absolute atomic E-state index is 0.0939. The van der Waals surface area contributed by atoms with Gasteiger partial charge < -0.3 is 5.32 Å². The molecular weight excluding hydrogens is 418 g/mol. The fourth-order valence-electron chi connectivity index (χ4n) is 2.81. The lowest BCUT2D eigenvalue weighted by molar-refractivity contribution is -0.146. The number of piperidine rings is 1. The number of anilines is 1. The Hall–Kier alpha value is -2.16. The molecule has 3 heterocycles. The summed E-state index contributed by atoms with van der Waals surface area (Å²) in [6.07, 6.45) is -4.39. The van der Waals surface area contributed by atoms with E-state index in [9.17, 15) is 34.8 Å². The SMILES string of the molecule is O=S(=O)(N1CCC(CNc2ccc3nnc(C(F)(F)F)n3n2)CC1)C(F)(F)F. The highest BCUT2D eigenvalue weighted by atomic mass is 32.2. The van der Waals surface area contributed by atoms with E-state index in [0.717, 1.165) is 0 Å². The number of halogens is 6. The van der Waals surface area contributed by atoms with Gasteiger partial charge in [-0.3, -0.25) is 0 Å². The normalized spacial score (nSPS) is 17.9. The van der Waals surface area contributed by atoms with E-state index in [2.05, 4.69) is 20.6 Å². The number of sulfonamides is 1. The van der Waals surface area contributed by atoms with Gasteiger partial charge in [0.1, 0.15) is 5.82 Å². The monoisotopic (exact) mass is 432 g/mol. The van der Waals surface area contributed by atoms with E-state index >= 15 is 0 Å². The van der Waals surface area contributed by atoms with E-state index in [4.69, 9.17) is 0 Å². The second-order valence-corrected chi connectivity index (χ2v) is 8.11. The van der Waals surface area contributed by atoms with Crippen molar-refractivity contribution in [3.63, 3.8) is 0 Å². The van der Waals surface area contributed by atoms with Crippen LogP contribution in [0.3, 0.4) is 0 Å². The third-order valence-corrected chi connectivity index (χ3v) is 5.92. The lowest BCUT2D eigenvalue weighted by Crippen LogP contribution is -2.45. The Morgan fingerprint density at radius 1 is 1.07 bits per heavy atom. The largest absolute Gasteiger partial charge is 0.511 e. The molecule has 2 aromatic heterocycles. The minimum Gasteiger partial charge on any atom is -0.368 e. The van der Waals surface area contributed by atoms with Crippen molar-refractivity contribution in [2.24, 2.45) is 5.92 Å². The van der Waals surface area contributed by atoms with Gasteiger partial charge in [0.2, 0.25) is 0 Å². The second-order valence-electron chi connectivity index (χ2n) is 6.18. The number of fused-ring (bicyclic) bond motifs is 1. The van der Waals surface area contributed by atoms with Crippen molar-refractivity contribution in [1.29, 1.82) is 0 Å². The average Bonchev–Trinajstić information content (AvgIpc) is 3.03. The zero-order chi connectivity index (χ0) is 20.7. The zero-order valence-corrected chi connectivity index (χ0v) is 14.8. The third-order valence-electron chi connectivity index (χ3n) is 4.29. The van der Waals surface area contributed by atoms with Crippen LogP contribution >= 0.6 is 0 Å². The summed E-state index contributed by atoms with van der Waals surface area (Å²) in [6, 6.07) is 2.68. The Bertz CT molecular complexity index is 949. The molecule has 28 heavy (non-hydrogen) atoms. The van der Waals surface area contributed by atoms with E-state index in [1.54, 1.807) is 0 Å². The number of aromatic nitrogens is 4. The van der Waals surface area contributed by atoms with Crippen LogP contribution in [0.1, 0.15) is 18.7 Å².